The van der Waals surface area contributed by atoms with Gasteiger partial charge in [-0.25, -0.2) is 14.3 Å². The predicted molar refractivity (Wildman–Crippen MR) is 182 cm³/mol. The molecular formula is C37H55FN4O5. The highest BCUT2D eigenvalue weighted by Gasteiger charge is 2.46. The number of piperidine rings is 2. The van der Waals surface area contributed by atoms with Crippen molar-refractivity contribution in [2.24, 2.45) is 5.92 Å². The number of benzene rings is 1. The monoisotopic (exact) mass is 654 g/mol. The Morgan fingerprint density at radius 3 is 2.53 bits per heavy atom. The first-order chi connectivity index (χ1) is 21.9. The molecule has 7 rings (SSSR count). The van der Waals surface area contributed by atoms with Crippen molar-refractivity contribution in [3.05, 3.63) is 65.1 Å². The number of ether oxygens (including phenoxy) is 2. The minimum absolute atomic E-state index is 0. The molecule has 0 radical (unpaired) electrons. The van der Waals surface area contributed by atoms with Crippen LogP contribution in [-0.2, 0) is 37.8 Å². The van der Waals surface area contributed by atoms with Crippen LogP contribution in [0.2, 0.25) is 0 Å². The number of carbonyl (C=O) groups is 1. The van der Waals surface area contributed by atoms with Crippen LogP contribution in [0.5, 0.6) is 0 Å². The standard InChI is InChI=1S/C32H39FN4O3.C4H10O2.CH4.H2/c1-19(2)28(36-31(38)29-22-5-7-24(13-22)34-29)15-20-3-4-21(14-26(20)33)27-8-6-23-16-40-32(30(23)35-27)9-11-37(12-10-32)25-17-39-18-25;1-4(2,3)6-5;;/h3-4,6,8,14,22,24-25,28-29,34H,1,5,7,9-13,15-18H2,2H3,(H,36,38);5H,1-3H3;1H4;1H/t22-,24+,28-,29-;;;/m0.../s1. The molecule has 2 aromatic rings. The van der Waals surface area contributed by atoms with Crippen molar-refractivity contribution >= 4 is 5.91 Å². The Morgan fingerprint density at radius 1 is 1.26 bits per heavy atom. The van der Waals surface area contributed by atoms with Crippen LogP contribution in [0, 0.1) is 11.7 Å². The molecule has 4 aliphatic heterocycles. The molecule has 260 valence electrons. The van der Waals surface area contributed by atoms with Crippen molar-refractivity contribution in [1.82, 2.24) is 20.5 Å². The van der Waals surface area contributed by atoms with Gasteiger partial charge in [-0.3, -0.25) is 15.0 Å². The van der Waals surface area contributed by atoms with Crippen molar-refractivity contribution in [3.8, 4) is 11.3 Å². The number of pyridine rings is 1. The molecule has 5 heterocycles. The van der Waals surface area contributed by atoms with Gasteiger partial charge in [0, 0.05) is 31.7 Å². The summed E-state index contributed by atoms with van der Waals surface area (Å²) in [6, 6.07) is 9.90. The average molecular weight is 655 g/mol. The number of hydrogen-bond acceptors (Lipinski definition) is 8. The molecule has 5 aliphatic rings. The molecule has 47 heavy (non-hydrogen) atoms. The Labute approximate surface area is 280 Å². The van der Waals surface area contributed by atoms with Gasteiger partial charge in [0.25, 0.3) is 0 Å². The van der Waals surface area contributed by atoms with E-state index in [0.717, 1.165) is 86.5 Å². The smallest absolute Gasteiger partial charge is 0.237 e. The first kappa shape index (κ1) is 35.6. The van der Waals surface area contributed by atoms with E-state index in [2.05, 4.69) is 33.1 Å². The van der Waals surface area contributed by atoms with Crippen molar-refractivity contribution in [1.29, 1.82) is 0 Å². The highest BCUT2D eigenvalue weighted by atomic mass is 19.1. The molecule has 2 bridgehead atoms. The molecule has 1 spiro atoms. The van der Waals surface area contributed by atoms with Crippen LogP contribution in [0.1, 0.15) is 85.5 Å². The fourth-order valence-corrected chi connectivity index (χ4v) is 7.36. The van der Waals surface area contributed by atoms with Crippen LogP contribution in [0.4, 0.5) is 4.39 Å². The number of fused-ring (bicyclic) bond motifs is 4. The number of aromatic nitrogens is 1. The molecule has 1 aromatic heterocycles. The number of halogens is 1. The van der Waals surface area contributed by atoms with E-state index in [-0.39, 0.29) is 38.3 Å². The lowest BCUT2D eigenvalue weighted by molar-refractivity contribution is -0.306. The number of rotatable bonds is 7. The summed E-state index contributed by atoms with van der Waals surface area (Å²) < 4.78 is 27.2. The number of nitrogens with one attached hydrogen (secondary N) is 2. The Kier molecular flexibility index (Phi) is 10.9. The van der Waals surface area contributed by atoms with Gasteiger partial charge in [-0.05, 0) is 89.8 Å². The molecule has 10 heteroatoms. The highest BCUT2D eigenvalue weighted by Crippen LogP contribution is 2.44. The van der Waals surface area contributed by atoms with E-state index in [4.69, 9.17) is 19.7 Å². The van der Waals surface area contributed by atoms with E-state index in [0.29, 0.717) is 36.6 Å². The van der Waals surface area contributed by atoms with E-state index in [9.17, 15) is 4.79 Å². The number of hydrogen-bond donors (Lipinski definition) is 3. The topological polar surface area (TPSA) is 105 Å². The van der Waals surface area contributed by atoms with E-state index in [1.165, 1.54) is 0 Å². The number of nitrogens with zero attached hydrogens (tertiary/aromatic N) is 2. The van der Waals surface area contributed by atoms with Crippen LogP contribution in [-0.4, -0.2) is 77.1 Å². The number of carbonyl (C=O) groups excluding carboxylic acids is 1. The van der Waals surface area contributed by atoms with Crippen molar-refractivity contribution in [2.45, 2.75) is 116 Å². The third-order valence-corrected chi connectivity index (χ3v) is 10.3. The third kappa shape index (κ3) is 7.79. The van der Waals surface area contributed by atoms with Gasteiger partial charge >= 0.3 is 0 Å². The minimum atomic E-state index is -0.403. The van der Waals surface area contributed by atoms with Crippen molar-refractivity contribution in [2.75, 3.05) is 26.3 Å². The lowest BCUT2D eigenvalue weighted by Crippen LogP contribution is -2.54. The summed E-state index contributed by atoms with van der Waals surface area (Å²) in [7, 11) is 0. The van der Waals surface area contributed by atoms with Crippen LogP contribution in [0.15, 0.2) is 42.5 Å². The Hall–Kier alpha value is -2.73. The van der Waals surface area contributed by atoms with Gasteiger partial charge in [-0.15, -0.1) is 0 Å². The zero-order valence-corrected chi connectivity index (χ0v) is 27.6. The quantitative estimate of drug-likeness (QED) is 0.190. The Balaban J connectivity index is 0.000000599. The Bertz CT molecular complexity index is 1440. The Morgan fingerprint density at radius 2 is 1.98 bits per heavy atom. The summed E-state index contributed by atoms with van der Waals surface area (Å²) in [6.45, 7) is 15.5. The summed E-state index contributed by atoms with van der Waals surface area (Å²) in [5, 5.41) is 14.5. The van der Waals surface area contributed by atoms with Crippen molar-refractivity contribution < 1.29 is 30.2 Å². The highest BCUT2D eigenvalue weighted by molar-refractivity contribution is 5.83. The molecule has 3 N–H and O–H groups in total. The molecule has 9 nitrogen and oxygen atoms in total. The largest absolute Gasteiger partial charge is 0.378 e. The molecule has 1 saturated carbocycles. The number of likely N-dealkylation sites (tertiary alicyclic amines) is 1. The molecule has 1 aromatic carbocycles. The maximum absolute atomic E-state index is 15.5. The van der Waals surface area contributed by atoms with Gasteiger partial charge in [0.2, 0.25) is 5.91 Å². The zero-order valence-electron chi connectivity index (χ0n) is 27.6. The lowest BCUT2D eigenvalue weighted by atomic mass is 9.86. The lowest BCUT2D eigenvalue weighted by Gasteiger charge is -2.44. The molecular weight excluding hydrogens is 599 g/mol. The number of amides is 1. The van der Waals surface area contributed by atoms with Gasteiger partial charge in [0.15, 0.2) is 0 Å². The second-order valence-electron chi connectivity index (χ2n) is 14.8. The van der Waals surface area contributed by atoms with Crippen LogP contribution in [0.25, 0.3) is 11.3 Å². The molecule has 1 amide bonds. The maximum Gasteiger partial charge on any atom is 0.237 e. The first-order valence-corrected chi connectivity index (χ1v) is 16.7. The van der Waals surface area contributed by atoms with E-state index in [1.807, 2.05) is 25.1 Å². The fraction of sp³-hybridized carbons (Fsp3) is 0.622. The van der Waals surface area contributed by atoms with Gasteiger partial charge in [0.1, 0.15) is 11.4 Å². The molecule has 1 aliphatic carbocycles. The minimum Gasteiger partial charge on any atom is -0.378 e. The van der Waals surface area contributed by atoms with E-state index < -0.39 is 5.60 Å². The van der Waals surface area contributed by atoms with Gasteiger partial charge < -0.3 is 20.1 Å². The maximum atomic E-state index is 15.5. The summed E-state index contributed by atoms with van der Waals surface area (Å²) in [6.07, 6.45) is 5.51. The second kappa shape index (κ2) is 14.4. The first-order valence-electron chi connectivity index (χ1n) is 16.7. The molecule has 4 fully saturated rings. The molecule has 0 unspecified atom stereocenters. The SMILES string of the molecule is C.C=C(C)[C@H](Cc1ccc(-c2ccc3c(n2)C2(CCN(C4COC4)CC2)OC3)cc1F)NC(=O)[C@H]1N[C@@H]2CC[C@H]1C2.CC(C)(C)OO.[HH]. The van der Waals surface area contributed by atoms with Crippen LogP contribution >= 0.6 is 0 Å². The summed E-state index contributed by atoms with van der Waals surface area (Å²) in [5.74, 6) is 0.115. The van der Waals surface area contributed by atoms with Gasteiger partial charge in [0.05, 0.1) is 54.9 Å². The fourth-order valence-electron chi connectivity index (χ4n) is 7.36. The van der Waals surface area contributed by atoms with Crippen LogP contribution < -0.4 is 10.6 Å². The average Bonchev–Trinajstić information content (AvgIpc) is 3.73. The van der Waals surface area contributed by atoms with E-state index in [1.54, 1.807) is 26.8 Å². The van der Waals surface area contributed by atoms with Gasteiger partial charge in [-0.2, -0.15) is 0 Å². The summed E-state index contributed by atoms with van der Waals surface area (Å²) in [5.41, 5.74) is 4.27. The summed E-state index contributed by atoms with van der Waals surface area (Å²) in [4.78, 5) is 24.5. The van der Waals surface area contributed by atoms with Crippen LogP contribution in [0.3, 0.4) is 0 Å². The molecule has 4 atom stereocenters. The third-order valence-electron chi connectivity index (χ3n) is 10.3. The second-order valence-corrected chi connectivity index (χ2v) is 14.8. The van der Waals surface area contributed by atoms with Crippen molar-refractivity contribution in [3.63, 3.8) is 0 Å². The van der Waals surface area contributed by atoms with Gasteiger partial charge in [-0.1, -0.05) is 37.8 Å². The zero-order chi connectivity index (χ0) is 32.6. The normalized spacial score (nSPS) is 25.3. The molecule has 3 saturated heterocycles. The summed E-state index contributed by atoms with van der Waals surface area (Å²) >= 11 is 0. The van der Waals surface area contributed by atoms with E-state index >= 15 is 4.39 Å². The predicted octanol–water partition coefficient (Wildman–Crippen LogP) is 6.01.